The Hall–Kier alpha value is -1.55. The van der Waals surface area contributed by atoms with Gasteiger partial charge in [-0.3, -0.25) is 4.90 Å². The fourth-order valence-electron chi connectivity index (χ4n) is 3.20. The van der Waals surface area contributed by atoms with E-state index < -0.39 is 0 Å². The molecule has 3 aromatic heterocycles. The first-order valence-electron chi connectivity index (χ1n) is 8.72. The first-order chi connectivity index (χ1) is 12.6. The molecule has 0 aromatic carbocycles. The monoisotopic (exact) mass is 390 g/mol. The fraction of sp³-hybridized carbons (Fsp3) is 0.529. The van der Waals surface area contributed by atoms with Crippen LogP contribution in [-0.4, -0.2) is 47.8 Å². The van der Waals surface area contributed by atoms with Gasteiger partial charge in [-0.25, -0.2) is 9.97 Å². The van der Waals surface area contributed by atoms with Crippen LogP contribution in [-0.2, 0) is 20.2 Å². The number of aryl methyl sites for hydroxylation is 2. The highest BCUT2D eigenvalue weighted by atomic mass is 32.2. The number of likely N-dealkylation sites (tertiary alicyclic amines) is 1. The molecule has 0 unspecified atom stereocenters. The summed E-state index contributed by atoms with van der Waals surface area (Å²) in [5, 5.41) is 20.4. The van der Waals surface area contributed by atoms with E-state index in [0.717, 1.165) is 45.9 Å². The van der Waals surface area contributed by atoms with Crippen molar-refractivity contribution in [3.8, 4) is 0 Å². The van der Waals surface area contributed by atoms with Gasteiger partial charge in [-0.1, -0.05) is 0 Å². The molecule has 1 saturated heterocycles. The van der Waals surface area contributed by atoms with Crippen molar-refractivity contribution in [2.24, 2.45) is 7.05 Å². The van der Waals surface area contributed by atoms with Gasteiger partial charge < -0.3 is 9.67 Å². The molecule has 1 fully saturated rings. The minimum absolute atomic E-state index is 0.125. The van der Waals surface area contributed by atoms with Crippen LogP contribution in [0, 0.1) is 13.8 Å². The fourth-order valence-corrected chi connectivity index (χ4v) is 5.31. The van der Waals surface area contributed by atoms with E-state index in [1.807, 2.05) is 11.6 Å². The van der Waals surface area contributed by atoms with Gasteiger partial charge in [0.25, 0.3) is 0 Å². The average Bonchev–Trinajstić information content (AvgIpc) is 3.31. The topological polar surface area (TPSA) is 80.0 Å². The summed E-state index contributed by atoms with van der Waals surface area (Å²) in [5.41, 5.74) is 1.23. The van der Waals surface area contributed by atoms with Gasteiger partial charge in [0.2, 0.25) is 0 Å². The Labute approximate surface area is 160 Å². The minimum Gasteiger partial charge on any atom is -0.388 e. The number of aliphatic hydroxyl groups excluding tert-OH is 1. The van der Waals surface area contributed by atoms with Gasteiger partial charge in [0.1, 0.15) is 22.3 Å². The van der Waals surface area contributed by atoms with E-state index in [1.54, 1.807) is 11.3 Å². The number of fused-ring (bicyclic) bond motifs is 1. The van der Waals surface area contributed by atoms with Crippen molar-refractivity contribution in [2.75, 3.05) is 13.1 Å². The molecular weight excluding hydrogens is 368 g/mol. The van der Waals surface area contributed by atoms with E-state index in [2.05, 4.69) is 28.9 Å². The molecule has 1 N–H and O–H groups in total. The molecule has 4 rings (SSSR count). The van der Waals surface area contributed by atoms with Gasteiger partial charge in [-0.05, 0) is 57.1 Å². The lowest BCUT2D eigenvalue weighted by atomic mass is 10.2. The summed E-state index contributed by atoms with van der Waals surface area (Å²) in [5.74, 6) is 1.42. The molecule has 0 radical (unpaired) electrons. The van der Waals surface area contributed by atoms with Gasteiger partial charge >= 0.3 is 0 Å². The maximum Gasteiger partial charge on any atom is 0.197 e. The third kappa shape index (κ3) is 3.24. The molecule has 26 heavy (non-hydrogen) atoms. The zero-order valence-electron chi connectivity index (χ0n) is 15.2. The molecular formula is C17H22N6OS2. The van der Waals surface area contributed by atoms with Crippen molar-refractivity contribution in [3.05, 3.63) is 22.1 Å². The second kappa shape index (κ2) is 7.22. The lowest BCUT2D eigenvalue weighted by Gasteiger charge is -2.14. The number of thiophene rings is 1. The molecule has 0 aliphatic carbocycles. The zero-order valence-corrected chi connectivity index (χ0v) is 16.8. The SMILES string of the molecule is Cc1sc2nc(CN3CCCC3)nc(Sc3nnc(CO)n3C)c2c1C. The van der Waals surface area contributed by atoms with Crippen molar-refractivity contribution in [1.82, 2.24) is 29.6 Å². The lowest BCUT2D eigenvalue weighted by molar-refractivity contribution is 0.266. The van der Waals surface area contributed by atoms with Crippen LogP contribution in [0.2, 0.25) is 0 Å². The van der Waals surface area contributed by atoms with Crippen LogP contribution in [0.25, 0.3) is 10.2 Å². The molecule has 0 amide bonds. The summed E-state index contributed by atoms with van der Waals surface area (Å²) >= 11 is 3.22. The number of rotatable bonds is 5. The maximum atomic E-state index is 9.36. The lowest BCUT2D eigenvalue weighted by Crippen LogP contribution is -2.20. The average molecular weight is 391 g/mol. The Morgan fingerprint density at radius 3 is 2.62 bits per heavy atom. The smallest absolute Gasteiger partial charge is 0.197 e. The molecule has 0 bridgehead atoms. The summed E-state index contributed by atoms with van der Waals surface area (Å²) in [6, 6.07) is 0. The number of hydrogen-bond donors (Lipinski definition) is 1. The molecule has 0 saturated carbocycles. The van der Waals surface area contributed by atoms with Crippen LogP contribution in [0.5, 0.6) is 0 Å². The number of hydrogen-bond acceptors (Lipinski definition) is 8. The van der Waals surface area contributed by atoms with Crippen molar-refractivity contribution in [2.45, 2.75) is 50.0 Å². The van der Waals surface area contributed by atoms with Gasteiger partial charge in [0.05, 0.1) is 6.54 Å². The molecule has 7 nitrogen and oxygen atoms in total. The number of aliphatic hydroxyl groups is 1. The second-order valence-corrected chi connectivity index (χ2v) is 8.77. The van der Waals surface area contributed by atoms with Crippen molar-refractivity contribution >= 4 is 33.3 Å². The molecule has 9 heteroatoms. The van der Waals surface area contributed by atoms with Gasteiger partial charge in [-0.15, -0.1) is 21.5 Å². The standard InChI is InChI=1S/C17H22N6OS2/c1-10-11(2)25-15-14(10)16(26-17-21-20-13(9-24)22(17)3)19-12(18-15)8-23-6-4-5-7-23/h24H,4-9H2,1-3H3. The van der Waals surface area contributed by atoms with Crippen molar-refractivity contribution in [1.29, 1.82) is 0 Å². The predicted molar refractivity (Wildman–Crippen MR) is 102 cm³/mol. The van der Waals surface area contributed by atoms with Crippen molar-refractivity contribution < 1.29 is 5.11 Å². The highest BCUT2D eigenvalue weighted by Gasteiger charge is 2.20. The van der Waals surface area contributed by atoms with Crippen LogP contribution >= 0.6 is 23.1 Å². The van der Waals surface area contributed by atoms with Crippen LogP contribution in [0.4, 0.5) is 0 Å². The van der Waals surface area contributed by atoms with Crippen LogP contribution in [0.15, 0.2) is 10.2 Å². The molecule has 0 atom stereocenters. The third-order valence-electron chi connectivity index (χ3n) is 4.86. The number of nitrogens with zero attached hydrogens (tertiary/aromatic N) is 6. The first-order valence-corrected chi connectivity index (χ1v) is 10.4. The van der Waals surface area contributed by atoms with Crippen LogP contribution in [0.1, 0.15) is 34.9 Å². The van der Waals surface area contributed by atoms with E-state index in [9.17, 15) is 5.11 Å². The van der Waals surface area contributed by atoms with E-state index in [1.165, 1.54) is 35.0 Å². The van der Waals surface area contributed by atoms with E-state index >= 15 is 0 Å². The quantitative estimate of drug-likeness (QED) is 0.671. The van der Waals surface area contributed by atoms with Crippen LogP contribution in [0.3, 0.4) is 0 Å². The first kappa shape index (κ1) is 17.8. The zero-order chi connectivity index (χ0) is 18.3. The van der Waals surface area contributed by atoms with Gasteiger partial charge in [0.15, 0.2) is 11.0 Å². The van der Waals surface area contributed by atoms with E-state index in [0.29, 0.717) is 5.82 Å². The van der Waals surface area contributed by atoms with Crippen molar-refractivity contribution in [3.63, 3.8) is 0 Å². The highest BCUT2D eigenvalue weighted by molar-refractivity contribution is 7.99. The Bertz CT molecular complexity index is 945. The summed E-state index contributed by atoms with van der Waals surface area (Å²) < 4.78 is 1.81. The number of aromatic nitrogens is 5. The van der Waals surface area contributed by atoms with E-state index in [4.69, 9.17) is 9.97 Å². The summed E-state index contributed by atoms with van der Waals surface area (Å²) in [6.07, 6.45) is 2.51. The maximum absolute atomic E-state index is 9.36. The molecule has 0 spiro atoms. The Balaban J connectivity index is 1.75. The summed E-state index contributed by atoms with van der Waals surface area (Å²) in [6.45, 7) is 7.16. The molecule has 138 valence electrons. The normalized spacial score (nSPS) is 15.4. The Kier molecular flexibility index (Phi) is 4.96. The highest BCUT2D eigenvalue weighted by Crippen LogP contribution is 2.37. The Morgan fingerprint density at radius 2 is 1.92 bits per heavy atom. The largest absolute Gasteiger partial charge is 0.388 e. The van der Waals surface area contributed by atoms with Gasteiger partial charge in [-0.2, -0.15) is 0 Å². The van der Waals surface area contributed by atoms with Crippen LogP contribution < -0.4 is 0 Å². The summed E-state index contributed by atoms with van der Waals surface area (Å²) in [7, 11) is 1.86. The van der Waals surface area contributed by atoms with E-state index in [-0.39, 0.29) is 6.61 Å². The molecule has 1 aliphatic heterocycles. The second-order valence-electron chi connectivity index (χ2n) is 6.61. The molecule has 1 aliphatic rings. The van der Waals surface area contributed by atoms with Gasteiger partial charge in [0, 0.05) is 17.3 Å². The molecule has 4 heterocycles. The third-order valence-corrected chi connectivity index (χ3v) is 6.99. The Morgan fingerprint density at radius 1 is 1.15 bits per heavy atom. The summed E-state index contributed by atoms with van der Waals surface area (Å²) in [4.78, 5) is 14.4. The predicted octanol–water partition coefficient (Wildman–Crippen LogP) is 2.68. The molecule has 3 aromatic rings. The minimum atomic E-state index is -0.125.